The molecule has 1 aromatic heterocycles. The smallest absolute Gasteiger partial charge is 0.225 e. The number of methoxy groups -OCH3 is 1. The average Bonchev–Trinajstić information content (AvgIpc) is 2.92. The number of anilines is 2. The number of ether oxygens (including phenoxy) is 1. The Balaban J connectivity index is 1.86. The van der Waals surface area contributed by atoms with E-state index in [1.54, 1.807) is 25.3 Å². The highest BCUT2D eigenvalue weighted by Gasteiger charge is 2.08. The molecule has 0 aliphatic heterocycles. The Bertz CT molecular complexity index is 573. The maximum absolute atomic E-state index is 11.9. The number of aromatic amines is 1. The standard InChI is InChI=1S/C12H15N5O2S/c1-19-10-3-2-8(13)6-9(10)16-11(18)4-5-20-12-14-7-15-17-12/h2-3,6-7H,4-5,13H2,1H3,(H,16,18)(H,14,15,17). The molecule has 0 aliphatic rings. The number of rotatable bonds is 6. The number of amides is 1. The van der Waals surface area contributed by atoms with E-state index in [1.165, 1.54) is 18.1 Å². The lowest BCUT2D eigenvalue weighted by atomic mass is 10.2. The van der Waals surface area contributed by atoms with Crippen LogP contribution in [-0.2, 0) is 4.79 Å². The van der Waals surface area contributed by atoms with E-state index in [1.807, 2.05) is 0 Å². The number of hydrogen-bond donors (Lipinski definition) is 3. The van der Waals surface area contributed by atoms with Crippen molar-refractivity contribution in [1.29, 1.82) is 0 Å². The molecule has 0 spiro atoms. The summed E-state index contributed by atoms with van der Waals surface area (Å²) in [5.74, 6) is 1.07. The van der Waals surface area contributed by atoms with Crippen molar-refractivity contribution in [1.82, 2.24) is 15.2 Å². The highest BCUT2D eigenvalue weighted by Crippen LogP contribution is 2.26. The van der Waals surface area contributed by atoms with Crippen molar-refractivity contribution in [3.05, 3.63) is 24.5 Å². The van der Waals surface area contributed by atoms with E-state index in [0.29, 0.717) is 34.5 Å². The predicted molar refractivity (Wildman–Crippen MR) is 77.8 cm³/mol. The van der Waals surface area contributed by atoms with Crippen LogP contribution in [0.1, 0.15) is 6.42 Å². The fourth-order valence-electron chi connectivity index (χ4n) is 1.54. The van der Waals surface area contributed by atoms with Crippen LogP contribution in [0.2, 0.25) is 0 Å². The van der Waals surface area contributed by atoms with E-state index < -0.39 is 0 Å². The second-order valence-corrected chi connectivity index (χ2v) is 4.98. The Labute approximate surface area is 120 Å². The van der Waals surface area contributed by atoms with Gasteiger partial charge in [0.15, 0.2) is 5.16 Å². The first-order valence-electron chi connectivity index (χ1n) is 5.90. The molecule has 0 unspecified atom stereocenters. The minimum absolute atomic E-state index is 0.110. The van der Waals surface area contributed by atoms with E-state index >= 15 is 0 Å². The van der Waals surface area contributed by atoms with Gasteiger partial charge in [0.05, 0.1) is 12.8 Å². The van der Waals surface area contributed by atoms with Crippen LogP contribution in [0.4, 0.5) is 11.4 Å². The largest absolute Gasteiger partial charge is 0.495 e. The number of nitrogens with two attached hydrogens (primary N) is 1. The molecule has 0 atom stereocenters. The van der Waals surface area contributed by atoms with Crippen LogP contribution < -0.4 is 15.8 Å². The van der Waals surface area contributed by atoms with Gasteiger partial charge in [0.25, 0.3) is 0 Å². The van der Waals surface area contributed by atoms with Gasteiger partial charge in [-0.15, -0.1) is 0 Å². The molecule has 8 heteroatoms. The number of benzene rings is 1. The first kappa shape index (κ1) is 14.2. The van der Waals surface area contributed by atoms with E-state index in [4.69, 9.17) is 10.5 Å². The number of thioether (sulfide) groups is 1. The molecule has 1 amide bonds. The number of aromatic nitrogens is 3. The predicted octanol–water partition coefficient (Wildman–Crippen LogP) is 1.52. The number of carbonyl (C=O) groups excluding carboxylic acids is 1. The fraction of sp³-hybridized carbons (Fsp3) is 0.250. The van der Waals surface area contributed by atoms with Gasteiger partial charge < -0.3 is 15.8 Å². The molecule has 1 heterocycles. The van der Waals surface area contributed by atoms with E-state index in [2.05, 4.69) is 20.5 Å². The second-order valence-electron chi connectivity index (χ2n) is 3.90. The van der Waals surface area contributed by atoms with Crippen molar-refractivity contribution in [3.63, 3.8) is 0 Å². The molecule has 0 bridgehead atoms. The van der Waals surface area contributed by atoms with Crippen molar-refractivity contribution in [2.75, 3.05) is 23.9 Å². The lowest BCUT2D eigenvalue weighted by Crippen LogP contribution is -2.13. The maximum Gasteiger partial charge on any atom is 0.225 e. The van der Waals surface area contributed by atoms with Crippen molar-refractivity contribution < 1.29 is 9.53 Å². The number of nitrogens with one attached hydrogen (secondary N) is 2. The molecule has 0 aliphatic carbocycles. The third-order valence-electron chi connectivity index (χ3n) is 2.46. The molecule has 1 aromatic carbocycles. The summed E-state index contributed by atoms with van der Waals surface area (Å²) in [5, 5.41) is 9.92. The molecule has 0 fully saturated rings. The Morgan fingerprint density at radius 3 is 3.10 bits per heavy atom. The lowest BCUT2D eigenvalue weighted by molar-refractivity contribution is -0.115. The molecule has 0 radical (unpaired) electrons. The number of hydrogen-bond acceptors (Lipinski definition) is 6. The van der Waals surface area contributed by atoms with Crippen LogP contribution >= 0.6 is 11.8 Å². The zero-order valence-corrected chi connectivity index (χ0v) is 11.7. The number of carbonyl (C=O) groups is 1. The van der Waals surface area contributed by atoms with Crippen LogP contribution in [0.3, 0.4) is 0 Å². The lowest BCUT2D eigenvalue weighted by Gasteiger charge is -2.10. The van der Waals surface area contributed by atoms with Crippen LogP contribution in [0.15, 0.2) is 29.7 Å². The van der Waals surface area contributed by atoms with Gasteiger partial charge >= 0.3 is 0 Å². The molecule has 106 valence electrons. The molecule has 4 N–H and O–H groups in total. The molecule has 0 saturated heterocycles. The average molecular weight is 293 g/mol. The summed E-state index contributed by atoms with van der Waals surface area (Å²) in [5.41, 5.74) is 6.83. The summed E-state index contributed by atoms with van der Waals surface area (Å²) in [4.78, 5) is 15.8. The minimum Gasteiger partial charge on any atom is -0.495 e. The SMILES string of the molecule is COc1ccc(N)cc1NC(=O)CCSc1ncn[nH]1. The molecule has 0 saturated carbocycles. The Hall–Kier alpha value is -2.22. The Kier molecular flexibility index (Phi) is 4.83. The fourth-order valence-corrected chi connectivity index (χ4v) is 2.26. The third-order valence-corrected chi connectivity index (χ3v) is 3.34. The van der Waals surface area contributed by atoms with Crippen molar-refractivity contribution in [2.24, 2.45) is 0 Å². The van der Waals surface area contributed by atoms with E-state index in [-0.39, 0.29) is 5.91 Å². The Morgan fingerprint density at radius 2 is 2.40 bits per heavy atom. The number of nitrogens with zero attached hydrogens (tertiary/aromatic N) is 2. The van der Waals surface area contributed by atoms with Gasteiger partial charge in [0.1, 0.15) is 12.1 Å². The van der Waals surface area contributed by atoms with Gasteiger partial charge in [-0.1, -0.05) is 11.8 Å². The van der Waals surface area contributed by atoms with Crippen molar-refractivity contribution >= 4 is 29.0 Å². The number of H-pyrrole nitrogens is 1. The summed E-state index contributed by atoms with van der Waals surface area (Å²) in [6.07, 6.45) is 1.78. The minimum atomic E-state index is -0.110. The van der Waals surface area contributed by atoms with Gasteiger partial charge in [-0.3, -0.25) is 9.89 Å². The summed E-state index contributed by atoms with van der Waals surface area (Å²) >= 11 is 1.43. The van der Waals surface area contributed by atoms with Gasteiger partial charge in [0, 0.05) is 17.9 Å². The molecule has 7 nitrogen and oxygen atoms in total. The van der Waals surface area contributed by atoms with Crippen LogP contribution in [0, 0.1) is 0 Å². The molecule has 2 rings (SSSR count). The van der Waals surface area contributed by atoms with Gasteiger partial charge in [-0.25, -0.2) is 4.98 Å². The summed E-state index contributed by atoms with van der Waals surface area (Å²) in [6, 6.07) is 5.10. The van der Waals surface area contributed by atoms with E-state index in [0.717, 1.165) is 0 Å². The highest BCUT2D eigenvalue weighted by molar-refractivity contribution is 7.99. The van der Waals surface area contributed by atoms with Crippen LogP contribution in [-0.4, -0.2) is 34.0 Å². The van der Waals surface area contributed by atoms with Crippen LogP contribution in [0.25, 0.3) is 0 Å². The zero-order valence-electron chi connectivity index (χ0n) is 10.9. The first-order valence-corrected chi connectivity index (χ1v) is 6.89. The molecule has 2 aromatic rings. The Morgan fingerprint density at radius 1 is 1.55 bits per heavy atom. The maximum atomic E-state index is 11.9. The van der Waals surface area contributed by atoms with Gasteiger partial charge in [0.2, 0.25) is 5.91 Å². The second kappa shape index (κ2) is 6.80. The van der Waals surface area contributed by atoms with Gasteiger partial charge in [-0.2, -0.15) is 5.10 Å². The monoisotopic (exact) mass is 293 g/mol. The van der Waals surface area contributed by atoms with Crippen LogP contribution in [0.5, 0.6) is 5.75 Å². The van der Waals surface area contributed by atoms with Gasteiger partial charge in [-0.05, 0) is 18.2 Å². The molecular formula is C12H15N5O2S. The summed E-state index contributed by atoms with van der Waals surface area (Å²) in [6.45, 7) is 0. The normalized spacial score (nSPS) is 10.2. The topological polar surface area (TPSA) is 106 Å². The van der Waals surface area contributed by atoms with E-state index in [9.17, 15) is 4.79 Å². The quantitative estimate of drug-likeness (QED) is 0.550. The highest BCUT2D eigenvalue weighted by atomic mass is 32.2. The first-order chi connectivity index (χ1) is 9.69. The molecule has 20 heavy (non-hydrogen) atoms. The molecular weight excluding hydrogens is 278 g/mol. The third kappa shape index (κ3) is 3.89. The number of nitrogen functional groups attached to an aromatic ring is 1. The van der Waals surface area contributed by atoms with Crippen molar-refractivity contribution in [3.8, 4) is 5.75 Å². The summed E-state index contributed by atoms with van der Waals surface area (Å²) in [7, 11) is 1.54. The van der Waals surface area contributed by atoms with Crippen molar-refractivity contribution in [2.45, 2.75) is 11.6 Å². The zero-order chi connectivity index (χ0) is 14.4. The summed E-state index contributed by atoms with van der Waals surface area (Å²) < 4.78 is 5.17.